The Balaban J connectivity index is 1.70. The van der Waals surface area contributed by atoms with Crippen LogP contribution in [0.15, 0.2) is 48.5 Å². The van der Waals surface area contributed by atoms with Gasteiger partial charge in [-0.2, -0.15) is 0 Å². The van der Waals surface area contributed by atoms with Gasteiger partial charge >= 0.3 is 141 Å². The predicted molar refractivity (Wildman–Crippen MR) is 89.0 cm³/mol. The summed E-state index contributed by atoms with van der Waals surface area (Å²) in [6, 6.07) is 14.3. The zero-order valence-electron chi connectivity index (χ0n) is 11.3. The van der Waals surface area contributed by atoms with Gasteiger partial charge in [-0.25, -0.2) is 0 Å². The maximum atomic E-state index is 12.0. The van der Waals surface area contributed by atoms with Gasteiger partial charge in [-0.3, -0.25) is 0 Å². The van der Waals surface area contributed by atoms with Gasteiger partial charge in [0.15, 0.2) is 0 Å². The molecule has 22 heavy (non-hydrogen) atoms. The van der Waals surface area contributed by atoms with Crippen LogP contribution in [0.5, 0.6) is 0 Å². The molecule has 0 aliphatic heterocycles. The van der Waals surface area contributed by atoms with E-state index in [2.05, 4.69) is 15.3 Å². The molecule has 0 unspecified atom stereocenters. The molecule has 3 rings (SSSR count). The summed E-state index contributed by atoms with van der Waals surface area (Å²) in [5, 5.41) is 2.77. The van der Waals surface area contributed by atoms with E-state index in [4.69, 9.17) is 12.2 Å². The molecule has 0 spiro atoms. The summed E-state index contributed by atoms with van der Waals surface area (Å²) in [7, 11) is 0. The first-order chi connectivity index (χ1) is 10.6. The van der Waals surface area contributed by atoms with Crippen molar-refractivity contribution in [2.24, 2.45) is 0 Å². The molecule has 1 amide bonds. The van der Waals surface area contributed by atoms with Gasteiger partial charge in [0.2, 0.25) is 0 Å². The molecule has 0 saturated carbocycles. The average molecular weight is 425 g/mol. The summed E-state index contributed by atoms with van der Waals surface area (Å²) < 4.78 is 0.241. The zero-order chi connectivity index (χ0) is 15.5. The molecule has 110 valence electrons. The van der Waals surface area contributed by atoms with Crippen molar-refractivity contribution in [3.8, 4) is 0 Å². The number of aromatic nitrogens is 2. The number of H-pyrrole nitrogens is 2. The number of nitrogens with one attached hydrogen (secondary N) is 3. The van der Waals surface area contributed by atoms with Gasteiger partial charge in [-0.1, -0.05) is 0 Å². The molecule has 0 radical (unpaired) electrons. The number of imidazole rings is 1. The number of hydrogen-bond acceptors (Lipinski definition) is 3. The van der Waals surface area contributed by atoms with Gasteiger partial charge in [0, 0.05) is 0 Å². The van der Waals surface area contributed by atoms with Crippen LogP contribution in [-0.2, 0) is 0 Å². The summed E-state index contributed by atoms with van der Waals surface area (Å²) in [5.74, 6) is 0. The van der Waals surface area contributed by atoms with Crippen LogP contribution >= 0.6 is 12.2 Å². The summed E-state index contributed by atoms with van der Waals surface area (Å²) in [4.78, 5) is 30.0. The number of carbonyl (C=O) groups excluding carboxylic acids is 2. The third-order valence-corrected chi connectivity index (χ3v) is 5.18. The molecule has 2 aromatic carbocycles. The van der Waals surface area contributed by atoms with Gasteiger partial charge in [0.1, 0.15) is 0 Å². The first-order valence-corrected chi connectivity index (χ1v) is 9.16. The second kappa shape index (κ2) is 6.44. The van der Waals surface area contributed by atoms with Gasteiger partial charge in [-0.15, -0.1) is 0 Å². The van der Waals surface area contributed by atoms with Crippen molar-refractivity contribution in [1.82, 2.24) is 9.97 Å². The van der Waals surface area contributed by atoms with E-state index in [9.17, 15) is 9.59 Å². The number of fused-ring (bicyclic) bond motifs is 1. The molecule has 0 aliphatic rings. The van der Waals surface area contributed by atoms with E-state index >= 15 is 0 Å². The molecule has 0 fully saturated rings. The molecular formula is C15H11N3O2STe. The second-order valence-corrected chi connectivity index (χ2v) is 7.61. The number of rotatable bonds is 4. The van der Waals surface area contributed by atoms with Gasteiger partial charge in [0.25, 0.3) is 0 Å². The summed E-state index contributed by atoms with van der Waals surface area (Å²) in [5.41, 5.74) is 2.93. The number of benzene rings is 2. The third-order valence-electron chi connectivity index (χ3n) is 2.96. The monoisotopic (exact) mass is 427 g/mol. The topological polar surface area (TPSA) is 77.8 Å². The molecule has 1 aromatic heterocycles. The van der Waals surface area contributed by atoms with Crippen LogP contribution in [0.1, 0.15) is 10.4 Å². The van der Waals surface area contributed by atoms with Crippen LogP contribution in [0.25, 0.3) is 11.0 Å². The third kappa shape index (κ3) is 3.45. The fourth-order valence-electron chi connectivity index (χ4n) is 1.97. The Morgan fingerprint density at radius 1 is 1.00 bits per heavy atom. The predicted octanol–water partition coefficient (Wildman–Crippen LogP) is 3.30. The summed E-state index contributed by atoms with van der Waals surface area (Å²) in [6.07, 6.45) is 0. The Morgan fingerprint density at radius 3 is 2.50 bits per heavy atom. The Hall–Kier alpha value is -1.94. The summed E-state index contributed by atoms with van der Waals surface area (Å²) >= 11 is 3.55. The van der Waals surface area contributed by atoms with Crippen LogP contribution in [0, 0.1) is 4.77 Å². The van der Waals surface area contributed by atoms with Gasteiger partial charge in [0.05, 0.1) is 0 Å². The van der Waals surface area contributed by atoms with Crippen molar-refractivity contribution >= 4 is 57.6 Å². The van der Waals surface area contributed by atoms with Crippen LogP contribution in [0.2, 0.25) is 0 Å². The first kappa shape index (κ1) is 15.0. The van der Waals surface area contributed by atoms with E-state index in [1.165, 1.54) is 0 Å². The number of carbonyl (C=O) groups is 2. The molecule has 7 heteroatoms. The van der Waals surface area contributed by atoms with Crippen LogP contribution in [0.4, 0.5) is 10.5 Å². The van der Waals surface area contributed by atoms with Gasteiger partial charge in [-0.05, 0) is 0 Å². The maximum absolute atomic E-state index is 12.0. The standard InChI is InChI=1S/C15H11N3O2STe/c19-13(9-4-2-1-3-5-9)22-15(20)16-10-6-7-11-12(8-10)18-14(21)17-11/h1-8H,(H,16,20)(H2,17,18,21). The number of aromatic amines is 2. The van der Waals surface area contributed by atoms with E-state index in [0.717, 1.165) is 11.0 Å². The molecule has 0 saturated heterocycles. The Bertz CT molecular complexity index is 902. The molecular weight excluding hydrogens is 414 g/mol. The van der Waals surface area contributed by atoms with Crippen molar-refractivity contribution in [1.29, 1.82) is 0 Å². The van der Waals surface area contributed by atoms with Crippen LogP contribution in [0.3, 0.4) is 0 Å². The number of anilines is 1. The van der Waals surface area contributed by atoms with Gasteiger partial charge < -0.3 is 0 Å². The number of hydrogen-bond donors (Lipinski definition) is 3. The van der Waals surface area contributed by atoms with Crippen molar-refractivity contribution in [2.75, 3.05) is 5.32 Å². The van der Waals surface area contributed by atoms with E-state index < -0.39 is 20.9 Å². The Morgan fingerprint density at radius 2 is 1.73 bits per heavy atom. The molecule has 0 aliphatic carbocycles. The average Bonchev–Trinajstić information content (AvgIpc) is 2.87. The van der Waals surface area contributed by atoms with Crippen molar-refractivity contribution in [3.63, 3.8) is 0 Å². The van der Waals surface area contributed by atoms with Crippen molar-refractivity contribution in [2.45, 2.75) is 0 Å². The molecule has 3 N–H and O–H groups in total. The van der Waals surface area contributed by atoms with Crippen LogP contribution in [-0.4, -0.2) is 38.7 Å². The molecule has 0 bridgehead atoms. The molecule has 3 aromatic rings. The van der Waals surface area contributed by atoms with E-state index in [1.54, 1.807) is 36.4 Å². The first-order valence-electron chi connectivity index (χ1n) is 6.42. The second-order valence-electron chi connectivity index (χ2n) is 4.51. The number of amides is 1. The van der Waals surface area contributed by atoms with E-state index in [0.29, 0.717) is 16.0 Å². The Kier molecular flexibility index (Phi) is 4.39. The molecule has 0 atom stereocenters. The molecule has 5 nitrogen and oxygen atoms in total. The fourth-order valence-corrected chi connectivity index (χ4v) is 3.88. The minimum atomic E-state index is -1.47. The van der Waals surface area contributed by atoms with Crippen LogP contribution < -0.4 is 5.32 Å². The minimum absolute atomic E-state index is 0.0781. The Labute approximate surface area is 141 Å². The van der Waals surface area contributed by atoms with E-state index in [1.807, 2.05) is 12.1 Å². The quantitative estimate of drug-likeness (QED) is 0.444. The SMILES string of the molecule is O=C(Nc1ccc2[nH]c(=S)[nH]c2c1)[Te]C(=O)c1ccccc1. The fraction of sp³-hybridized carbons (Fsp3) is 0. The normalized spacial score (nSPS) is 10.5. The van der Waals surface area contributed by atoms with Crippen molar-refractivity contribution in [3.05, 3.63) is 58.9 Å². The van der Waals surface area contributed by atoms with E-state index in [-0.39, 0.29) is 7.79 Å². The summed E-state index contributed by atoms with van der Waals surface area (Å²) in [6.45, 7) is 0. The zero-order valence-corrected chi connectivity index (χ0v) is 14.4. The van der Waals surface area contributed by atoms with Crippen molar-refractivity contribution < 1.29 is 9.59 Å². The molecule has 1 heterocycles.